The molecule has 1 atom stereocenters. The van der Waals surface area contributed by atoms with Crippen LogP contribution < -0.4 is 10.6 Å². The lowest BCUT2D eigenvalue weighted by Gasteiger charge is -2.31. The predicted octanol–water partition coefficient (Wildman–Crippen LogP) is 3.74. The first kappa shape index (κ1) is 19.0. The first-order valence-electron chi connectivity index (χ1n) is 9.09. The summed E-state index contributed by atoms with van der Waals surface area (Å²) in [6, 6.07) is 5.03. The van der Waals surface area contributed by atoms with Crippen molar-refractivity contribution in [3.05, 3.63) is 50.2 Å². The van der Waals surface area contributed by atoms with Crippen LogP contribution in [0, 0.1) is 13.8 Å². The van der Waals surface area contributed by atoms with Crippen molar-refractivity contribution in [1.29, 1.82) is 0 Å². The van der Waals surface area contributed by atoms with Crippen molar-refractivity contribution in [3.8, 4) is 0 Å². The molecule has 4 rings (SSSR count). The quantitative estimate of drug-likeness (QED) is 0.746. The van der Waals surface area contributed by atoms with Crippen LogP contribution in [0.25, 0.3) is 0 Å². The van der Waals surface area contributed by atoms with Crippen LogP contribution in [0.3, 0.4) is 0 Å². The van der Waals surface area contributed by atoms with Gasteiger partial charge < -0.3 is 10.6 Å². The molecule has 2 aliphatic rings. The summed E-state index contributed by atoms with van der Waals surface area (Å²) in [5.74, 6) is -0.825. The molecule has 0 radical (unpaired) electrons. The summed E-state index contributed by atoms with van der Waals surface area (Å²) in [7, 11) is 0. The van der Waals surface area contributed by atoms with E-state index in [-0.39, 0.29) is 12.5 Å². The van der Waals surface area contributed by atoms with Gasteiger partial charge in [0.15, 0.2) is 0 Å². The molecule has 1 aliphatic heterocycles. The minimum Gasteiger partial charge on any atom is -0.323 e. The SMILES string of the molecule is Cc1cc(C)c(NC(=O)CN2C(=O)N[C@@]3(CCCc4sccc43)C2=O)c(Cl)c1. The number of imide groups is 1. The Balaban J connectivity index is 1.55. The van der Waals surface area contributed by atoms with Crippen molar-refractivity contribution >= 4 is 46.5 Å². The topological polar surface area (TPSA) is 78.5 Å². The number of hydrogen-bond acceptors (Lipinski definition) is 4. The molecule has 4 amide bonds. The van der Waals surface area contributed by atoms with Crippen molar-refractivity contribution in [2.75, 3.05) is 11.9 Å². The van der Waals surface area contributed by atoms with Crippen LogP contribution in [0.2, 0.25) is 5.02 Å². The van der Waals surface area contributed by atoms with E-state index in [1.54, 1.807) is 17.4 Å². The van der Waals surface area contributed by atoms with Crippen LogP contribution in [-0.2, 0) is 21.5 Å². The molecule has 146 valence electrons. The zero-order valence-electron chi connectivity index (χ0n) is 15.6. The van der Waals surface area contributed by atoms with Crippen LogP contribution in [0.15, 0.2) is 23.6 Å². The molecule has 0 bridgehead atoms. The van der Waals surface area contributed by atoms with Gasteiger partial charge in [0.1, 0.15) is 12.1 Å². The lowest BCUT2D eigenvalue weighted by Crippen LogP contribution is -2.46. The molecule has 6 nitrogen and oxygen atoms in total. The van der Waals surface area contributed by atoms with Gasteiger partial charge in [-0.15, -0.1) is 11.3 Å². The molecule has 28 heavy (non-hydrogen) atoms. The number of rotatable bonds is 3. The first-order chi connectivity index (χ1) is 13.3. The highest BCUT2D eigenvalue weighted by Crippen LogP contribution is 2.42. The molecule has 2 aromatic rings. The van der Waals surface area contributed by atoms with E-state index in [2.05, 4.69) is 10.6 Å². The van der Waals surface area contributed by atoms with Crippen LogP contribution in [-0.4, -0.2) is 29.3 Å². The fourth-order valence-corrected chi connectivity index (χ4v) is 5.45. The Hall–Kier alpha value is -2.38. The number of aryl methyl sites for hydroxylation is 3. The van der Waals surface area contributed by atoms with E-state index in [1.807, 2.05) is 31.4 Å². The molecule has 8 heteroatoms. The van der Waals surface area contributed by atoms with Gasteiger partial charge in [0.05, 0.1) is 10.7 Å². The van der Waals surface area contributed by atoms with Crippen molar-refractivity contribution < 1.29 is 14.4 Å². The van der Waals surface area contributed by atoms with Gasteiger partial charge in [0.25, 0.3) is 5.91 Å². The predicted molar refractivity (Wildman–Crippen MR) is 109 cm³/mol. The number of nitrogens with one attached hydrogen (secondary N) is 2. The Morgan fingerprint density at radius 1 is 1.36 bits per heavy atom. The monoisotopic (exact) mass is 417 g/mol. The minimum atomic E-state index is -1.04. The summed E-state index contributed by atoms with van der Waals surface area (Å²) in [6.45, 7) is 3.41. The lowest BCUT2D eigenvalue weighted by molar-refractivity contribution is -0.134. The summed E-state index contributed by atoms with van der Waals surface area (Å²) in [5.41, 5.74) is 2.13. The number of benzene rings is 1. The van der Waals surface area contributed by atoms with Gasteiger partial charge in [-0.05, 0) is 61.7 Å². The van der Waals surface area contributed by atoms with Gasteiger partial charge in [0, 0.05) is 10.4 Å². The molecule has 2 heterocycles. The van der Waals surface area contributed by atoms with Crippen LogP contribution >= 0.6 is 22.9 Å². The van der Waals surface area contributed by atoms with Gasteiger partial charge in [-0.2, -0.15) is 0 Å². The van der Waals surface area contributed by atoms with E-state index in [0.717, 1.165) is 39.3 Å². The number of amides is 4. The third-order valence-corrected chi connectivity index (χ3v) is 6.61. The number of anilines is 1. The standard InChI is InChI=1S/C20H20ClN3O3S/c1-11-8-12(2)17(14(21)9-11)22-16(25)10-24-18(26)20(23-19(24)27)6-3-4-15-13(20)5-7-28-15/h5,7-9H,3-4,6,10H2,1-2H3,(H,22,25)(H,23,27)/t20-/m1/s1. The van der Waals surface area contributed by atoms with Gasteiger partial charge in [-0.3, -0.25) is 14.5 Å². The summed E-state index contributed by atoms with van der Waals surface area (Å²) in [5, 5.41) is 7.95. The number of carbonyl (C=O) groups is 3. The van der Waals surface area contributed by atoms with Crippen LogP contribution in [0.1, 0.15) is 34.4 Å². The van der Waals surface area contributed by atoms with Crippen molar-refractivity contribution in [2.45, 2.75) is 38.6 Å². The highest BCUT2D eigenvalue weighted by molar-refractivity contribution is 7.10. The maximum atomic E-state index is 13.2. The molecular weight excluding hydrogens is 398 g/mol. The smallest absolute Gasteiger partial charge is 0.323 e. The highest BCUT2D eigenvalue weighted by atomic mass is 35.5. The number of carbonyl (C=O) groups excluding carboxylic acids is 3. The largest absolute Gasteiger partial charge is 0.325 e. The zero-order valence-corrected chi connectivity index (χ0v) is 17.2. The summed E-state index contributed by atoms with van der Waals surface area (Å²) >= 11 is 7.83. The molecule has 0 saturated carbocycles. The number of fused-ring (bicyclic) bond motifs is 2. The molecular formula is C20H20ClN3O3S. The van der Waals surface area contributed by atoms with Gasteiger partial charge in [-0.1, -0.05) is 17.7 Å². The molecule has 1 saturated heterocycles. The zero-order chi connectivity index (χ0) is 20.1. The second kappa shape index (κ2) is 6.90. The van der Waals surface area contributed by atoms with E-state index in [1.165, 1.54) is 0 Å². The molecule has 1 spiro atoms. The number of thiophene rings is 1. The fraction of sp³-hybridized carbons (Fsp3) is 0.350. The molecule has 2 N–H and O–H groups in total. The van der Waals surface area contributed by atoms with E-state index >= 15 is 0 Å². The molecule has 0 unspecified atom stereocenters. The Kier molecular flexibility index (Phi) is 4.67. The first-order valence-corrected chi connectivity index (χ1v) is 10.3. The molecule has 1 fully saturated rings. The Morgan fingerprint density at radius 2 is 2.14 bits per heavy atom. The van der Waals surface area contributed by atoms with E-state index in [9.17, 15) is 14.4 Å². The average molecular weight is 418 g/mol. The maximum Gasteiger partial charge on any atom is 0.325 e. The van der Waals surface area contributed by atoms with E-state index in [4.69, 9.17) is 11.6 Å². The number of hydrogen-bond donors (Lipinski definition) is 2. The van der Waals surface area contributed by atoms with Gasteiger partial charge >= 0.3 is 6.03 Å². The molecule has 1 aliphatic carbocycles. The van der Waals surface area contributed by atoms with Crippen molar-refractivity contribution in [3.63, 3.8) is 0 Å². The second-order valence-corrected chi connectivity index (χ2v) is 8.73. The average Bonchev–Trinajstić information content (AvgIpc) is 3.19. The number of halogens is 1. The van der Waals surface area contributed by atoms with Crippen molar-refractivity contribution in [1.82, 2.24) is 10.2 Å². The van der Waals surface area contributed by atoms with E-state index < -0.39 is 17.5 Å². The normalized spacial score (nSPS) is 21.0. The molecule has 1 aromatic heterocycles. The Bertz CT molecular complexity index is 979. The summed E-state index contributed by atoms with van der Waals surface area (Å²) < 4.78 is 0. The lowest BCUT2D eigenvalue weighted by atomic mass is 9.80. The third-order valence-electron chi connectivity index (χ3n) is 5.33. The van der Waals surface area contributed by atoms with Gasteiger partial charge in [-0.25, -0.2) is 4.79 Å². The number of urea groups is 1. The fourth-order valence-electron chi connectivity index (χ4n) is 4.08. The third kappa shape index (κ3) is 2.99. The second-order valence-electron chi connectivity index (χ2n) is 7.32. The highest BCUT2D eigenvalue weighted by Gasteiger charge is 2.54. The van der Waals surface area contributed by atoms with Crippen LogP contribution in [0.5, 0.6) is 0 Å². The minimum absolute atomic E-state index is 0.352. The summed E-state index contributed by atoms with van der Waals surface area (Å²) in [6.07, 6.45) is 2.27. The Morgan fingerprint density at radius 3 is 2.89 bits per heavy atom. The van der Waals surface area contributed by atoms with Crippen LogP contribution in [0.4, 0.5) is 10.5 Å². The summed E-state index contributed by atoms with van der Waals surface area (Å²) in [4.78, 5) is 40.4. The Labute approximate surface area is 171 Å². The van der Waals surface area contributed by atoms with Gasteiger partial charge in [0.2, 0.25) is 5.91 Å². The number of nitrogens with zero attached hydrogens (tertiary/aromatic N) is 1. The molecule has 1 aromatic carbocycles. The van der Waals surface area contributed by atoms with Crippen molar-refractivity contribution in [2.24, 2.45) is 0 Å². The van der Waals surface area contributed by atoms with E-state index in [0.29, 0.717) is 17.1 Å². The maximum absolute atomic E-state index is 13.2.